The molecule has 0 amide bonds. The molecule has 2 nitrogen and oxygen atoms in total. The Bertz CT molecular complexity index is 820. The Morgan fingerprint density at radius 2 is 1.81 bits per heavy atom. The van der Waals surface area contributed by atoms with Gasteiger partial charge in [-0.25, -0.2) is 13.8 Å². The molecule has 1 heterocycles. The minimum atomic E-state index is -0.774. The lowest BCUT2D eigenvalue weighted by Gasteiger charge is -2.15. The summed E-state index contributed by atoms with van der Waals surface area (Å²) in [5.41, 5.74) is 7.60. The van der Waals surface area contributed by atoms with Crippen LogP contribution in [0, 0.1) is 11.6 Å². The minimum absolute atomic E-state index is 0.208. The summed E-state index contributed by atoms with van der Waals surface area (Å²) < 4.78 is 27.6. The second-order valence-corrected chi connectivity index (χ2v) is 5.55. The van der Waals surface area contributed by atoms with Crippen LogP contribution in [0.2, 0.25) is 0 Å². The fourth-order valence-electron chi connectivity index (χ4n) is 2.22. The van der Waals surface area contributed by atoms with Crippen molar-refractivity contribution in [3.8, 4) is 0 Å². The highest BCUT2D eigenvalue weighted by molar-refractivity contribution is 9.10. The molecule has 3 aromatic rings. The third-order valence-electron chi connectivity index (χ3n) is 3.30. The van der Waals surface area contributed by atoms with Gasteiger partial charge in [0.15, 0.2) is 0 Å². The molecule has 0 spiro atoms. The van der Waals surface area contributed by atoms with Crippen molar-refractivity contribution in [1.82, 2.24) is 4.98 Å². The van der Waals surface area contributed by atoms with Gasteiger partial charge >= 0.3 is 0 Å². The van der Waals surface area contributed by atoms with E-state index in [1.165, 1.54) is 12.1 Å². The number of pyridine rings is 1. The Hall–Kier alpha value is -1.85. The molecule has 1 aromatic heterocycles. The first kappa shape index (κ1) is 14.1. The highest BCUT2D eigenvalue weighted by atomic mass is 79.9. The van der Waals surface area contributed by atoms with Crippen LogP contribution in [-0.2, 0) is 0 Å². The third kappa shape index (κ3) is 2.66. The highest BCUT2D eigenvalue weighted by Gasteiger charge is 2.18. The Morgan fingerprint density at radius 3 is 2.57 bits per heavy atom. The van der Waals surface area contributed by atoms with Crippen LogP contribution in [0.1, 0.15) is 17.3 Å². The number of nitrogens with two attached hydrogens (primary N) is 1. The van der Waals surface area contributed by atoms with Crippen molar-refractivity contribution < 1.29 is 8.78 Å². The maximum Gasteiger partial charge on any atom is 0.131 e. The van der Waals surface area contributed by atoms with E-state index in [1.54, 1.807) is 0 Å². The number of benzene rings is 2. The summed E-state index contributed by atoms with van der Waals surface area (Å²) in [4.78, 5) is 4.48. The second-order valence-electron chi connectivity index (χ2n) is 4.69. The predicted molar refractivity (Wildman–Crippen MR) is 81.8 cm³/mol. The fourth-order valence-corrected chi connectivity index (χ4v) is 2.81. The first-order chi connectivity index (χ1) is 10.1. The van der Waals surface area contributed by atoms with Gasteiger partial charge in [-0.1, -0.05) is 24.3 Å². The molecule has 2 N–H and O–H groups in total. The lowest BCUT2D eigenvalue weighted by molar-refractivity contribution is 0.564. The Labute approximate surface area is 128 Å². The van der Waals surface area contributed by atoms with E-state index >= 15 is 0 Å². The maximum absolute atomic E-state index is 13.9. The molecule has 3 rings (SSSR count). The van der Waals surface area contributed by atoms with E-state index in [0.29, 0.717) is 10.2 Å². The van der Waals surface area contributed by atoms with Gasteiger partial charge < -0.3 is 5.73 Å². The van der Waals surface area contributed by atoms with Gasteiger partial charge in [-0.15, -0.1) is 0 Å². The van der Waals surface area contributed by atoms with Crippen molar-refractivity contribution >= 4 is 26.8 Å². The van der Waals surface area contributed by atoms with Crippen LogP contribution in [0.5, 0.6) is 0 Å². The SMILES string of the molecule is NC(c1ccc(F)cc1F)c1nc2ccccc2cc1Br. The Morgan fingerprint density at radius 1 is 1.05 bits per heavy atom. The summed E-state index contributed by atoms with van der Waals surface area (Å²) in [7, 11) is 0. The third-order valence-corrected chi connectivity index (χ3v) is 3.93. The number of nitrogens with zero attached hydrogens (tertiary/aromatic N) is 1. The molecule has 106 valence electrons. The molecule has 0 saturated heterocycles. The van der Waals surface area contributed by atoms with Crippen molar-refractivity contribution in [2.24, 2.45) is 5.73 Å². The summed E-state index contributed by atoms with van der Waals surface area (Å²) in [6.07, 6.45) is 0. The van der Waals surface area contributed by atoms with Crippen LogP contribution in [0.4, 0.5) is 8.78 Å². The number of para-hydroxylation sites is 1. The van der Waals surface area contributed by atoms with Crippen LogP contribution in [0.25, 0.3) is 10.9 Å². The van der Waals surface area contributed by atoms with Crippen molar-refractivity contribution in [2.75, 3.05) is 0 Å². The maximum atomic E-state index is 13.9. The summed E-state index contributed by atoms with van der Waals surface area (Å²) in [6, 6.07) is 12.0. The average Bonchev–Trinajstić information content (AvgIpc) is 2.46. The number of halogens is 3. The number of rotatable bonds is 2. The Kier molecular flexibility index (Phi) is 3.69. The molecular weight excluding hydrogens is 338 g/mol. The summed E-state index contributed by atoms with van der Waals surface area (Å²) in [5.74, 6) is -1.31. The van der Waals surface area contributed by atoms with E-state index in [4.69, 9.17) is 5.73 Å². The van der Waals surface area contributed by atoms with E-state index in [2.05, 4.69) is 20.9 Å². The lowest BCUT2D eigenvalue weighted by Crippen LogP contribution is -2.16. The van der Waals surface area contributed by atoms with Gasteiger partial charge in [0.2, 0.25) is 0 Å². The predicted octanol–water partition coefficient (Wildman–Crippen LogP) is 4.32. The first-order valence-corrected chi connectivity index (χ1v) is 7.11. The molecule has 0 aliphatic rings. The van der Waals surface area contributed by atoms with Crippen molar-refractivity contribution in [2.45, 2.75) is 6.04 Å². The van der Waals surface area contributed by atoms with Gasteiger partial charge in [0.1, 0.15) is 11.6 Å². The fraction of sp³-hybridized carbons (Fsp3) is 0.0625. The van der Waals surface area contributed by atoms with E-state index in [0.717, 1.165) is 17.0 Å². The van der Waals surface area contributed by atoms with Gasteiger partial charge in [-0.2, -0.15) is 0 Å². The number of aromatic nitrogens is 1. The number of hydrogen-bond acceptors (Lipinski definition) is 2. The Balaban J connectivity index is 2.12. The standard InChI is InChI=1S/C16H11BrF2N2/c17-12-7-9-3-1-2-4-14(9)21-16(12)15(20)11-6-5-10(18)8-13(11)19/h1-8,15H,20H2. The molecule has 1 atom stereocenters. The quantitative estimate of drug-likeness (QED) is 0.748. The van der Waals surface area contributed by atoms with Crippen LogP contribution < -0.4 is 5.73 Å². The van der Waals surface area contributed by atoms with Crippen molar-refractivity contribution in [3.63, 3.8) is 0 Å². The van der Waals surface area contributed by atoms with Gasteiger partial charge in [-0.05, 0) is 34.1 Å². The monoisotopic (exact) mass is 348 g/mol. The van der Waals surface area contributed by atoms with Gasteiger partial charge in [-0.3, -0.25) is 0 Å². The minimum Gasteiger partial charge on any atom is -0.319 e. The highest BCUT2D eigenvalue weighted by Crippen LogP contribution is 2.29. The number of fused-ring (bicyclic) bond motifs is 1. The van der Waals surface area contributed by atoms with E-state index < -0.39 is 17.7 Å². The zero-order chi connectivity index (χ0) is 15.0. The van der Waals surface area contributed by atoms with Crippen LogP contribution >= 0.6 is 15.9 Å². The molecule has 0 bridgehead atoms. The topological polar surface area (TPSA) is 38.9 Å². The van der Waals surface area contributed by atoms with Crippen molar-refractivity contribution in [1.29, 1.82) is 0 Å². The molecule has 0 radical (unpaired) electrons. The van der Waals surface area contributed by atoms with Crippen LogP contribution in [0.15, 0.2) is 53.0 Å². The first-order valence-electron chi connectivity index (χ1n) is 6.32. The zero-order valence-electron chi connectivity index (χ0n) is 10.9. The van der Waals surface area contributed by atoms with E-state index in [9.17, 15) is 8.78 Å². The lowest BCUT2D eigenvalue weighted by atomic mass is 10.0. The molecule has 0 saturated carbocycles. The van der Waals surface area contributed by atoms with Gasteiger partial charge in [0, 0.05) is 21.5 Å². The molecule has 0 aliphatic carbocycles. The molecule has 0 fully saturated rings. The van der Waals surface area contributed by atoms with E-state index in [-0.39, 0.29) is 5.56 Å². The van der Waals surface area contributed by atoms with E-state index in [1.807, 2.05) is 30.3 Å². The summed E-state index contributed by atoms with van der Waals surface area (Å²) >= 11 is 3.42. The zero-order valence-corrected chi connectivity index (χ0v) is 12.4. The number of hydrogen-bond donors (Lipinski definition) is 1. The van der Waals surface area contributed by atoms with Crippen molar-refractivity contribution in [3.05, 3.63) is 75.9 Å². The molecular formula is C16H11BrF2N2. The smallest absolute Gasteiger partial charge is 0.131 e. The molecule has 21 heavy (non-hydrogen) atoms. The van der Waals surface area contributed by atoms with Gasteiger partial charge in [0.05, 0.1) is 17.3 Å². The van der Waals surface area contributed by atoms with Crippen LogP contribution in [0.3, 0.4) is 0 Å². The average molecular weight is 349 g/mol. The summed E-state index contributed by atoms with van der Waals surface area (Å²) in [6.45, 7) is 0. The molecule has 5 heteroatoms. The van der Waals surface area contributed by atoms with Crippen LogP contribution in [-0.4, -0.2) is 4.98 Å². The molecule has 1 unspecified atom stereocenters. The normalized spacial score (nSPS) is 12.6. The van der Waals surface area contributed by atoms with Gasteiger partial charge in [0.25, 0.3) is 0 Å². The molecule has 0 aliphatic heterocycles. The second kappa shape index (κ2) is 5.50. The largest absolute Gasteiger partial charge is 0.319 e. The molecule has 2 aromatic carbocycles. The summed E-state index contributed by atoms with van der Waals surface area (Å²) in [5, 5.41) is 0.958.